The molecule has 0 aromatic heterocycles. The normalized spacial score (nSPS) is 17.3. The molecule has 0 radical (unpaired) electrons. The molecule has 1 heterocycles. The van der Waals surface area contributed by atoms with Crippen molar-refractivity contribution in [3.8, 4) is 0 Å². The minimum Gasteiger partial charge on any atom is -0.352 e. The number of hydrogen-bond donors (Lipinski definition) is 1. The third-order valence-corrected chi connectivity index (χ3v) is 3.95. The summed E-state index contributed by atoms with van der Waals surface area (Å²) in [5.41, 5.74) is 1.23. The summed E-state index contributed by atoms with van der Waals surface area (Å²) in [6.45, 7) is 0.629. The summed E-state index contributed by atoms with van der Waals surface area (Å²) >= 11 is 0. The predicted octanol–water partition coefficient (Wildman–Crippen LogP) is 2.50. The van der Waals surface area contributed by atoms with Gasteiger partial charge in [0.15, 0.2) is 0 Å². The van der Waals surface area contributed by atoms with E-state index in [0.717, 1.165) is 5.56 Å². The number of anilines is 1. The molecule has 2 amide bonds. The van der Waals surface area contributed by atoms with Crippen molar-refractivity contribution in [1.82, 2.24) is 5.32 Å². The van der Waals surface area contributed by atoms with E-state index in [-0.39, 0.29) is 30.5 Å². The van der Waals surface area contributed by atoms with Gasteiger partial charge in [0, 0.05) is 19.5 Å². The van der Waals surface area contributed by atoms with Gasteiger partial charge in [0.25, 0.3) is 0 Å². The Kier molecular flexibility index (Phi) is 4.37. The van der Waals surface area contributed by atoms with Crippen molar-refractivity contribution in [2.24, 2.45) is 5.92 Å². The fraction of sp³-hybridized carbons (Fsp3) is 0.222. The molecule has 0 aliphatic carbocycles. The van der Waals surface area contributed by atoms with E-state index in [0.29, 0.717) is 6.54 Å². The van der Waals surface area contributed by atoms with Crippen LogP contribution in [0.1, 0.15) is 12.0 Å². The molecule has 0 bridgehead atoms. The lowest BCUT2D eigenvalue weighted by Crippen LogP contribution is -2.32. The fourth-order valence-corrected chi connectivity index (χ4v) is 2.72. The van der Waals surface area contributed by atoms with E-state index >= 15 is 0 Å². The molecule has 1 atom stereocenters. The van der Waals surface area contributed by atoms with Gasteiger partial charge in [-0.1, -0.05) is 42.5 Å². The number of nitrogens with one attached hydrogen (secondary N) is 1. The summed E-state index contributed by atoms with van der Waals surface area (Å²) in [7, 11) is 0. The highest BCUT2D eigenvalue weighted by atomic mass is 19.1. The van der Waals surface area contributed by atoms with Crippen molar-refractivity contribution in [3.05, 3.63) is 66.0 Å². The van der Waals surface area contributed by atoms with E-state index in [9.17, 15) is 14.0 Å². The molecule has 4 nitrogen and oxygen atoms in total. The van der Waals surface area contributed by atoms with E-state index in [1.807, 2.05) is 30.3 Å². The lowest BCUT2D eigenvalue weighted by atomic mass is 10.1. The fourth-order valence-electron chi connectivity index (χ4n) is 2.72. The van der Waals surface area contributed by atoms with Gasteiger partial charge in [-0.2, -0.15) is 0 Å². The summed E-state index contributed by atoms with van der Waals surface area (Å²) in [6, 6.07) is 15.7. The Bertz CT molecular complexity index is 718. The maximum absolute atomic E-state index is 13.8. The average molecular weight is 312 g/mol. The predicted molar refractivity (Wildman–Crippen MR) is 85.1 cm³/mol. The highest BCUT2D eigenvalue weighted by Crippen LogP contribution is 2.27. The van der Waals surface area contributed by atoms with Gasteiger partial charge in [-0.3, -0.25) is 9.59 Å². The second-order valence-electron chi connectivity index (χ2n) is 5.56. The first-order valence-electron chi connectivity index (χ1n) is 7.51. The smallest absolute Gasteiger partial charge is 0.227 e. The number of amides is 2. The lowest BCUT2D eigenvalue weighted by molar-refractivity contribution is -0.126. The Morgan fingerprint density at radius 1 is 1.13 bits per heavy atom. The second kappa shape index (κ2) is 6.60. The molecule has 2 aromatic rings. The molecular formula is C18H17FN2O2. The van der Waals surface area contributed by atoms with Crippen molar-refractivity contribution in [3.63, 3.8) is 0 Å². The minimum atomic E-state index is -0.453. The molecule has 5 heteroatoms. The Morgan fingerprint density at radius 2 is 1.83 bits per heavy atom. The highest BCUT2D eigenvalue weighted by molar-refractivity contribution is 6.00. The molecule has 23 heavy (non-hydrogen) atoms. The number of rotatable bonds is 4. The van der Waals surface area contributed by atoms with Gasteiger partial charge in [-0.25, -0.2) is 4.39 Å². The first-order valence-corrected chi connectivity index (χ1v) is 7.51. The Labute approximate surface area is 133 Å². The van der Waals surface area contributed by atoms with Crippen molar-refractivity contribution < 1.29 is 14.0 Å². The molecule has 2 aromatic carbocycles. The van der Waals surface area contributed by atoms with Crippen LogP contribution in [0, 0.1) is 11.7 Å². The number of para-hydroxylation sites is 1. The standard InChI is InChI=1S/C18H17FN2O2/c19-15-8-4-5-9-16(15)21-12-14(10-17(21)22)18(23)20-11-13-6-2-1-3-7-13/h1-9,14H,10-12H2,(H,20,23)/t14-/m0/s1. The molecule has 1 aliphatic rings. The van der Waals surface area contributed by atoms with Gasteiger partial charge in [-0.15, -0.1) is 0 Å². The first kappa shape index (κ1) is 15.2. The van der Waals surface area contributed by atoms with Gasteiger partial charge >= 0.3 is 0 Å². The molecule has 3 rings (SSSR count). The first-order chi connectivity index (χ1) is 11.1. The SMILES string of the molecule is O=C(NCc1ccccc1)[C@H]1CC(=O)N(c2ccccc2F)C1. The molecule has 118 valence electrons. The zero-order valence-corrected chi connectivity index (χ0v) is 12.5. The van der Waals surface area contributed by atoms with Crippen LogP contribution >= 0.6 is 0 Å². The van der Waals surface area contributed by atoms with Gasteiger partial charge in [0.1, 0.15) is 5.82 Å². The van der Waals surface area contributed by atoms with Crippen molar-refractivity contribution in [2.75, 3.05) is 11.4 Å². The summed E-state index contributed by atoms with van der Waals surface area (Å²) in [5, 5.41) is 2.84. The number of halogens is 1. The molecule has 1 N–H and O–H groups in total. The van der Waals surface area contributed by atoms with E-state index in [2.05, 4.69) is 5.32 Å². The Morgan fingerprint density at radius 3 is 2.57 bits per heavy atom. The monoisotopic (exact) mass is 312 g/mol. The second-order valence-corrected chi connectivity index (χ2v) is 5.56. The number of hydrogen-bond acceptors (Lipinski definition) is 2. The molecule has 1 aliphatic heterocycles. The zero-order valence-electron chi connectivity index (χ0n) is 12.5. The largest absolute Gasteiger partial charge is 0.352 e. The van der Waals surface area contributed by atoms with Crippen LogP contribution in [0.25, 0.3) is 0 Å². The topological polar surface area (TPSA) is 49.4 Å². The molecule has 1 fully saturated rings. The molecule has 0 spiro atoms. The lowest BCUT2D eigenvalue weighted by Gasteiger charge is -2.17. The quantitative estimate of drug-likeness (QED) is 0.943. The van der Waals surface area contributed by atoms with Crippen LogP contribution < -0.4 is 10.2 Å². The van der Waals surface area contributed by atoms with Gasteiger partial charge in [-0.05, 0) is 17.7 Å². The van der Waals surface area contributed by atoms with Crippen molar-refractivity contribution in [2.45, 2.75) is 13.0 Å². The van der Waals surface area contributed by atoms with Crippen molar-refractivity contribution >= 4 is 17.5 Å². The minimum absolute atomic E-state index is 0.106. The number of carbonyl (C=O) groups excluding carboxylic acids is 2. The van der Waals surface area contributed by atoms with E-state index < -0.39 is 11.7 Å². The molecule has 0 saturated carbocycles. The average Bonchev–Trinajstić information content (AvgIpc) is 2.96. The maximum Gasteiger partial charge on any atom is 0.227 e. The van der Waals surface area contributed by atoms with Gasteiger partial charge in [0.05, 0.1) is 11.6 Å². The Hall–Kier alpha value is -2.69. The van der Waals surface area contributed by atoms with Crippen LogP contribution in [-0.4, -0.2) is 18.4 Å². The van der Waals surface area contributed by atoms with Gasteiger partial charge in [0.2, 0.25) is 11.8 Å². The van der Waals surface area contributed by atoms with Crippen LogP contribution in [0.2, 0.25) is 0 Å². The summed E-state index contributed by atoms with van der Waals surface area (Å²) in [4.78, 5) is 25.7. The van der Waals surface area contributed by atoms with E-state index in [1.165, 1.54) is 11.0 Å². The molecule has 0 unspecified atom stereocenters. The summed E-state index contributed by atoms with van der Waals surface area (Å²) < 4.78 is 13.8. The third kappa shape index (κ3) is 3.39. The Balaban J connectivity index is 1.63. The molecule has 1 saturated heterocycles. The summed E-state index contributed by atoms with van der Waals surface area (Å²) in [5.74, 6) is -1.31. The molecular weight excluding hydrogens is 295 g/mol. The maximum atomic E-state index is 13.8. The van der Waals surface area contributed by atoms with Crippen LogP contribution in [-0.2, 0) is 16.1 Å². The summed E-state index contributed by atoms with van der Waals surface area (Å²) in [6.07, 6.45) is 0.106. The van der Waals surface area contributed by atoms with Crippen LogP contribution in [0.5, 0.6) is 0 Å². The zero-order chi connectivity index (χ0) is 16.2. The van der Waals surface area contributed by atoms with Gasteiger partial charge < -0.3 is 10.2 Å². The van der Waals surface area contributed by atoms with Crippen molar-refractivity contribution in [1.29, 1.82) is 0 Å². The van der Waals surface area contributed by atoms with Crippen LogP contribution in [0.4, 0.5) is 10.1 Å². The van der Waals surface area contributed by atoms with Crippen LogP contribution in [0.3, 0.4) is 0 Å². The third-order valence-electron chi connectivity index (χ3n) is 3.95. The number of carbonyl (C=O) groups is 2. The number of nitrogens with zero attached hydrogens (tertiary/aromatic N) is 1. The van der Waals surface area contributed by atoms with Crippen LogP contribution in [0.15, 0.2) is 54.6 Å². The number of benzene rings is 2. The highest BCUT2D eigenvalue weighted by Gasteiger charge is 2.35. The van der Waals surface area contributed by atoms with E-state index in [4.69, 9.17) is 0 Å². The van der Waals surface area contributed by atoms with E-state index in [1.54, 1.807) is 18.2 Å².